The highest BCUT2D eigenvalue weighted by molar-refractivity contribution is 5.27. The molecule has 1 saturated carbocycles. The fraction of sp³-hybridized carbons (Fsp3) is 0.733. The monoisotopic (exact) mass is 220 g/mol. The molecule has 0 unspecified atom stereocenters. The molecule has 2 rings (SSSR count). The zero-order chi connectivity index (χ0) is 11.9. The fourth-order valence-corrected chi connectivity index (χ4v) is 3.48. The van der Waals surface area contributed by atoms with E-state index in [1.165, 1.54) is 17.6 Å². The third-order valence-corrected chi connectivity index (χ3v) is 4.97. The fourth-order valence-electron chi connectivity index (χ4n) is 3.48. The van der Waals surface area contributed by atoms with Crippen molar-refractivity contribution in [3.8, 4) is 0 Å². The van der Waals surface area contributed by atoms with Gasteiger partial charge in [0.25, 0.3) is 0 Å². The van der Waals surface area contributed by atoms with Crippen LogP contribution in [0, 0.1) is 17.3 Å². The molecule has 0 bridgehead atoms. The lowest BCUT2D eigenvalue weighted by Gasteiger charge is -2.49. The van der Waals surface area contributed by atoms with Crippen molar-refractivity contribution >= 4 is 0 Å². The van der Waals surface area contributed by atoms with E-state index in [-0.39, 0.29) is 11.5 Å². The van der Waals surface area contributed by atoms with Crippen molar-refractivity contribution < 1.29 is 5.11 Å². The summed E-state index contributed by atoms with van der Waals surface area (Å²) in [4.78, 5) is 0. The quantitative estimate of drug-likeness (QED) is 0.668. The molecule has 0 aromatic heterocycles. The van der Waals surface area contributed by atoms with E-state index in [2.05, 4.69) is 33.4 Å². The molecule has 0 amide bonds. The summed E-state index contributed by atoms with van der Waals surface area (Å²) in [6, 6.07) is 0. The molecule has 16 heavy (non-hydrogen) atoms. The van der Waals surface area contributed by atoms with Gasteiger partial charge in [-0.15, -0.1) is 0 Å². The first-order valence-electron chi connectivity index (χ1n) is 6.49. The van der Waals surface area contributed by atoms with Crippen LogP contribution in [0.15, 0.2) is 23.8 Å². The second-order valence-corrected chi connectivity index (χ2v) is 6.05. The standard InChI is InChI=1S/C15H24O/c1-10(2)12-6-7-13-14(16)8-5-11(3)15(13,4)9-12/h7,11-12,14,16H,1,5-6,8-9H2,2-4H3/t11-,12-,14-,15-/m1/s1. The summed E-state index contributed by atoms with van der Waals surface area (Å²) in [7, 11) is 0. The molecule has 0 aromatic carbocycles. The molecule has 1 nitrogen and oxygen atoms in total. The van der Waals surface area contributed by atoms with Gasteiger partial charge in [-0.2, -0.15) is 0 Å². The summed E-state index contributed by atoms with van der Waals surface area (Å²) >= 11 is 0. The Morgan fingerprint density at radius 3 is 2.81 bits per heavy atom. The molecule has 90 valence electrons. The summed E-state index contributed by atoms with van der Waals surface area (Å²) in [5, 5.41) is 10.1. The normalized spacial score (nSPS) is 43.5. The largest absolute Gasteiger partial charge is 0.389 e. The van der Waals surface area contributed by atoms with E-state index in [0.717, 1.165) is 19.3 Å². The van der Waals surface area contributed by atoms with Crippen molar-refractivity contribution in [2.24, 2.45) is 17.3 Å². The Morgan fingerprint density at radius 1 is 1.50 bits per heavy atom. The van der Waals surface area contributed by atoms with Gasteiger partial charge in [0.1, 0.15) is 0 Å². The number of fused-ring (bicyclic) bond motifs is 1. The zero-order valence-corrected chi connectivity index (χ0v) is 10.8. The molecular weight excluding hydrogens is 196 g/mol. The number of aliphatic hydroxyl groups is 1. The van der Waals surface area contributed by atoms with Crippen molar-refractivity contribution in [1.82, 2.24) is 0 Å². The molecule has 0 aromatic rings. The first-order chi connectivity index (χ1) is 7.45. The van der Waals surface area contributed by atoms with Gasteiger partial charge in [-0.25, -0.2) is 0 Å². The molecule has 0 spiro atoms. The maximum atomic E-state index is 10.1. The highest BCUT2D eigenvalue weighted by atomic mass is 16.3. The van der Waals surface area contributed by atoms with Gasteiger partial charge in [0.2, 0.25) is 0 Å². The first kappa shape index (κ1) is 11.9. The average Bonchev–Trinajstić information content (AvgIpc) is 2.23. The second kappa shape index (κ2) is 4.03. The van der Waals surface area contributed by atoms with Gasteiger partial charge < -0.3 is 5.11 Å². The van der Waals surface area contributed by atoms with Gasteiger partial charge in [-0.1, -0.05) is 32.1 Å². The minimum Gasteiger partial charge on any atom is -0.389 e. The number of rotatable bonds is 1. The predicted octanol–water partition coefficient (Wildman–Crippen LogP) is 3.70. The highest BCUT2D eigenvalue weighted by Crippen LogP contribution is 2.52. The van der Waals surface area contributed by atoms with Crippen molar-refractivity contribution in [1.29, 1.82) is 0 Å². The Morgan fingerprint density at radius 2 is 2.19 bits per heavy atom. The van der Waals surface area contributed by atoms with Crippen LogP contribution in [0.5, 0.6) is 0 Å². The van der Waals surface area contributed by atoms with E-state index >= 15 is 0 Å². The lowest BCUT2D eigenvalue weighted by molar-refractivity contribution is 0.0658. The van der Waals surface area contributed by atoms with Gasteiger partial charge in [0.05, 0.1) is 6.10 Å². The molecule has 0 heterocycles. The van der Waals surface area contributed by atoms with Gasteiger partial charge in [-0.05, 0) is 55.4 Å². The average molecular weight is 220 g/mol. The third-order valence-electron chi connectivity index (χ3n) is 4.97. The molecule has 0 aliphatic heterocycles. The van der Waals surface area contributed by atoms with Crippen molar-refractivity contribution in [3.63, 3.8) is 0 Å². The Hall–Kier alpha value is -0.560. The van der Waals surface area contributed by atoms with Crippen LogP contribution in [-0.4, -0.2) is 11.2 Å². The van der Waals surface area contributed by atoms with E-state index in [9.17, 15) is 5.11 Å². The Balaban J connectivity index is 2.32. The predicted molar refractivity (Wildman–Crippen MR) is 68.1 cm³/mol. The van der Waals surface area contributed by atoms with Gasteiger partial charge >= 0.3 is 0 Å². The van der Waals surface area contributed by atoms with E-state index in [4.69, 9.17) is 0 Å². The van der Waals surface area contributed by atoms with Crippen molar-refractivity contribution in [2.75, 3.05) is 0 Å². The minimum absolute atomic E-state index is 0.188. The summed E-state index contributed by atoms with van der Waals surface area (Å²) in [5.41, 5.74) is 2.81. The molecule has 2 aliphatic carbocycles. The molecule has 1 fully saturated rings. The molecule has 2 aliphatic rings. The minimum atomic E-state index is -0.188. The number of aliphatic hydroxyl groups excluding tert-OH is 1. The molecule has 0 radical (unpaired) electrons. The summed E-state index contributed by atoms with van der Waals surface area (Å²) in [6.45, 7) is 10.9. The van der Waals surface area contributed by atoms with Crippen LogP contribution >= 0.6 is 0 Å². The van der Waals surface area contributed by atoms with E-state index in [1.54, 1.807) is 0 Å². The van der Waals surface area contributed by atoms with Crippen LogP contribution in [-0.2, 0) is 0 Å². The van der Waals surface area contributed by atoms with Crippen molar-refractivity contribution in [2.45, 2.75) is 52.6 Å². The molecule has 1 heteroatoms. The molecule has 0 saturated heterocycles. The van der Waals surface area contributed by atoms with Crippen LogP contribution in [0.2, 0.25) is 0 Å². The molecule has 1 N–H and O–H groups in total. The lowest BCUT2D eigenvalue weighted by atomic mass is 9.57. The Labute approximate surface area is 99.3 Å². The van der Waals surface area contributed by atoms with Crippen LogP contribution in [0.1, 0.15) is 46.5 Å². The summed E-state index contributed by atoms with van der Waals surface area (Å²) in [6.07, 6.45) is 6.45. The third kappa shape index (κ3) is 1.75. The van der Waals surface area contributed by atoms with Crippen LogP contribution in [0.25, 0.3) is 0 Å². The molecule has 4 atom stereocenters. The van der Waals surface area contributed by atoms with Crippen LogP contribution in [0.3, 0.4) is 0 Å². The highest BCUT2D eigenvalue weighted by Gasteiger charge is 2.44. The maximum absolute atomic E-state index is 10.1. The Bertz CT molecular complexity index is 328. The van der Waals surface area contributed by atoms with Gasteiger partial charge in [-0.3, -0.25) is 0 Å². The van der Waals surface area contributed by atoms with E-state index in [0.29, 0.717) is 11.8 Å². The van der Waals surface area contributed by atoms with Gasteiger partial charge in [0.15, 0.2) is 0 Å². The first-order valence-corrected chi connectivity index (χ1v) is 6.49. The van der Waals surface area contributed by atoms with Crippen molar-refractivity contribution in [3.05, 3.63) is 23.8 Å². The zero-order valence-electron chi connectivity index (χ0n) is 10.8. The van der Waals surface area contributed by atoms with Crippen LogP contribution in [0.4, 0.5) is 0 Å². The lowest BCUT2D eigenvalue weighted by Crippen LogP contribution is -2.42. The van der Waals surface area contributed by atoms with E-state index in [1.807, 2.05) is 0 Å². The second-order valence-electron chi connectivity index (χ2n) is 6.05. The van der Waals surface area contributed by atoms with Gasteiger partial charge in [0, 0.05) is 0 Å². The smallest absolute Gasteiger partial charge is 0.0755 e. The SMILES string of the molecule is C=C(C)[C@@H]1CC=C2[C@H](O)CC[C@@H](C)[C@@]2(C)C1. The number of hydrogen-bond donors (Lipinski definition) is 1. The Kier molecular flexibility index (Phi) is 3.00. The van der Waals surface area contributed by atoms with Crippen LogP contribution < -0.4 is 0 Å². The maximum Gasteiger partial charge on any atom is 0.0755 e. The van der Waals surface area contributed by atoms with E-state index < -0.39 is 0 Å². The number of hydrogen-bond acceptors (Lipinski definition) is 1. The summed E-state index contributed by atoms with van der Waals surface area (Å²) in [5.74, 6) is 1.30. The number of allylic oxidation sites excluding steroid dienone is 2. The topological polar surface area (TPSA) is 20.2 Å². The summed E-state index contributed by atoms with van der Waals surface area (Å²) < 4.78 is 0. The molecular formula is C15H24O.